The van der Waals surface area contributed by atoms with Gasteiger partial charge >= 0.3 is 17.9 Å². The second-order valence-electron chi connectivity index (χ2n) is 15.5. The molecule has 0 aliphatic heterocycles. The van der Waals surface area contributed by atoms with Gasteiger partial charge in [-0.15, -0.1) is 0 Å². The van der Waals surface area contributed by atoms with E-state index in [0.29, 0.717) is 12.8 Å². The van der Waals surface area contributed by atoms with Crippen molar-refractivity contribution in [1.29, 1.82) is 0 Å². The number of rotatable bonds is 41. The first-order valence-electron chi connectivity index (χ1n) is 24.3. The Morgan fingerprint density at radius 3 is 0.984 bits per heavy atom. The minimum absolute atomic E-state index is 0.111. The van der Waals surface area contributed by atoms with Crippen LogP contribution in [0.4, 0.5) is 0 Å². The molecular weight excluding hydrogens is 769 g/mol. The molecule has 1 unspecified atom stereocenters. The Labute approximate surface area is 379 Å². The number of hydrogen-bond acceptors (Lipinski definition) is 6. The van der Waals surface area contributed by atoms with E-state index < -0.39 is 6.10 Å². The quantitative estimate of drug-likeness (QED) is 0.0264. The molecule has 0 aliphatic carbocycles. The van der Waals surface area contributed by atoms with Crippen LogP contribution in [0.25, 0.3) is 0 Å². The van der Waals surface area contributed by atoms with Gasteiger partial charge in [-0.2, -0.15) is 0 Å². The van der Waals surface area contributed by atoms with Gasteiger partial charge in [-0.3, -0.25) is 14.4 Å². The molecule has 0 saturated heterocycles. The second kappa shape index (κ2) is 49.2. The van der Waals surface area contributed by atoms with E-state index in [0.717, 1.165) is 135 Å². The van der Waals surface area contributed by atoms with Crippen molar-refractivity contribution in [3.8, 4) is 0 Å². The van der Waals surface area contributed by atoms with Crippen LogP contribution in [0.15, 0.2) is 134 Å². The van der Waals surface area contributed by atoms with Gasteiger partial charge in [-0.05, 0) is 77.0 Å². The molecule has 0 fully saturated rings. The van der Waals surface area contributed by atoms with Crippen molar-refractivity contribution >= 4 is 17.9 Å². The summed E-state index contributed by atoms with van der Waals surface area (Å²) in [6, 6.07) is 0. The molecule has 1 atom stereocenters. The van der Waals surface area contributed by atoms with Crippen molar-refractivity contribution in [2.45, 2.75) is 187 Å². The van der Waals surface area contributed by atoms with Gasteiger partial charge in [0.1, 0.15) is 13.2 Å². The maximum atomic E-state index is 12.8. The van der Waals surface area contributed by atoms with Crippen molar-refractivity contribution in [3.05, 3.63) is 134 Å². The third kappa shape index (κ3) is 46.6. The summed E-state index contributed by atoms with van der Waals surface area (Å²) in [4.78, 5) is 37.9. The number of hydrogen-bond donors (Lipinski definition) is 0. The fraction of sp³-hybridized carbons (Fsp3) is 0.554. The summed E-state index contributed by atoms with van der Waals surface area (Å²) in [6.45, 7) is 6.19. The molecule has 0 N–H and O–H groups in total. The van der Waals surface area contributed by atoms with Crippen LogP contribution < -0.4 is 0 Å². The molecule has 0 aromatic heterocycles. The van der Waals surface area contributed by atoms with E-state index in [-0.39, 0.29) is 37.5 Å². The van der Waals surface area contributed by atoms with Gasteiger partial charge in [0.2, 0.25) is 0 Å². The van der Waals surface area contributed by atoms with Crippen LogP contribution in [-0.2, 0) is 28.6 Å². The van der Waals surface area contributed by atoms with E-state index in [1.807, 2.05) is 48.6 Å². The predicted octanol–water partition coefficient (Wildman–Crippen LogP) is 15.9. The fourth-order valence-electron chi connectivity index (χ4n) is 6.00. The first-order chi connectivity index (χ1) is 30.5. The first-order valence-corrected chi connectivity index (χ1v) is 24.3. The van der Waals surface area contributed by atoms with Crippen molar-refractivity contribution in [1.82, 2.24) is 0 Å². The van der Waals surface area contributed by atoms with Crippen LogP contribution in [0.5, 0.6) is 0 Å². The molecule has 0 heterocycles. The van der Waals surface area contributed by atoms with Gasteiger partial charge in [0, 0.05) is 19.3 Å². The SMILES string of the molecule is CC\C=C/C=C\C=C/CCCCCCCC(=O)OCC(COC(=O)CCCCCCC\C=C/C=C\C=C/C=C\C=C/CCC)OC(=O)CCCCCCC\C=C/C=C\C=C/CC. The van der Waals surface area contributed by atoms with Crippen molar-refractivity contribution in [2.75, 3.05) is 13.2 Å². The topological polar surface area (TPSA) is 78.9 Å². The van der Waals surface area contributed by atoms with Crippen LogP contribution >= 0.6 is 0 Å². The van der Waals surface area contributed by atoms with E-state index in [2.05, 4.69) is 106 Å². The third-order valence-corrected chi connectivity index (χ3v) is 9.60. The van der Waals surface area contributed by atoms with E-state index >= 15 is 0 Å². The molecule has 0 aromatic carbocycles. The first kappa shape index (κ1) is 57.5. The number of carbonyl (C=O) groups excluding carboxylic acids is 3. The van der Waals surface area contributed by atoms with Crippen LogP contribution in [0.3, 0.4) is 0 Å². The normalized spacial score (nSPS) is 13.3. The largest absolute Gasteiger partial charge is 0.462 e. The highest BCUT2D eigenvalue weighted by Crippen LogP contribution is 2.13. The Kier molecular flexibility index (Phi) is 45.7. The lowest BCUT2D eigenvalue weighted by molar-refractivity contribution is -0.167. The third-order valence-electron chi connectivity index (χ3n) is 9.60. The lowest BCUT2D eigenvalue weighted by atomic mass is 10.1. The molecule has 0 rings (SSSR count). The van der Waals surface area contributed by atoms with Crippen molar-refractivity contribution in [2.24, 2.45) is 0 Å². The molecule has 0 aliphatic rings. The molecule has 0 bridgehead atoms. The number of carbonyl (C=O) groups is 3. The molecule has 62 heavy (non-hydrogen) atoms. The second-order valence-corrected chi connectivity index (χ2v) is 15.5. The van der Waals surface area contributed by atoms with E-state index in [4.69, 9.17) is 14.2 Å². The van der Waals surface area contributed by atoms with Crippen LogP contribution in [0.2, 0.25) is 0 Å². The van der Waals surface area contributed by atoms with E-state index in [1.165, 1.54) is 6.42 Å². The van der Waals surface area contributed by atoms with Gasteiger partial charge in [-0.25, -0.2) is 0 Å². The van der Waals surface area contributed by atoms with Crippen molar-refractivity contribution < 1.29 is 28.6 Å². The zero-order valence-corrected chi connectivity index (χ0v) is 39.3. The molecule has 0 saturated carbocycles. The lowest BCUT2D eigenvalue weighted by Gasteiger charge is -2.18. The Balaban J connectivity index is 4.52. The van der Waals surface area contributed by atoms with Gasteiger partial charge < -0.3 is 14.2 Å². The predicted molar refractivity (Wildman–Crippen MR) is 265 cm³/mol. The van der Waals surface area contributed by atoms with Gasteiger partial charge in [0.05, 0.1) is 0 Å². The average molecular weight is 855 g/mol. The summed E-state index contributed by atoms with van der Waals surface area (Å²) in [6.07, 6.45) is 68.5. The van der Waals surface area contributed by atoms with Crippen LogP contribution in [0, 0.1) is 0 Å². The smallest absolute Gasteiger partial charge is 0.306 e. The van der Waals surface area contributed by atoms with E-state index in [9.17, 15) is 14.4 Å². The highest BCUT2D eigenvalue weighted by Gasteiger charge is 2.19. The average Bonchev–Trinajstić information content (AvgIpc) is 3.27. The lowest BCUT2D eigenvalue weighted by Crippen LogP contribution is -2.30. The molecule has 0 radical (unpaired) electrons. The summed E-state index contributed by atoms with van der Waals surface area (Å²) in [5, 5.41) is 0. The summed E-state index contributed by atoms with van der Waals surface area (Å²) < 4.78 is 16.7. The summed E-state index contributed by atoms with van der Waals surface area (Å²) in [7, 11) is 0. The van der Waals surface area contributed by atoms with Gasteiger partial charge in [0.25, 0.3) is 0 Å². The van der Waals surface area contributed by atoms with Crippen LogP contribution in [0.1, 0.15) is 181 Å². The number of unbranched alkanes of at least 4 members (excludes halogenated alkanes) is 16. The highest BCUT2D eigenvalue weighted by atomic mass is 16.6. The molecular formula is C56H86O6. The zero-order chi connectivity index (χ0) is 45.1. The summed E-state index contributed by atoms with van der Waals surface area (Å²) in [5.41, 5.74) is 0. The monoisotopic (exact) mass is 855 g/mol. The van der Waals surface area contributed by atoms with Crippen LogP contribution in [-0.4, -0.2) is 37.2 Å². The molecule has 0 aromatic rings. The molecule has 346 valence electrons. The van der Waals surface area contributed by atoms with E-state index in [1.54, 1.807) is 0 Å². The maximum Gasteiger partial charge on any atom is 0.306 e. The number of ether oxygens (including phenoxy) is 3. The Hall–Kier alpha value is -4.45. The maximum absolute atomic E-state index is 12.8. The highest BCUT2D eigenvalue weighted by molar-refractivity contribution is 5.71. The molecule has 0 amide bonds. The Morgan fingerprint density at radius 1 is 0.339 bits per heavy atom. The molecule has 6 heteroatoms. The molecule has 0 spiro atoms. The minimum Gasteiger partial charge on any atom is -0.462 e. The van der Waals surface area contributed by atoms with Gasteiger partial charge in [0.15, 0.2) is 6.10 Å². The molecule has 6 nitrogen and oxygen atoms in total. The Morgan fingerprint density at radius 2 is 0.629 bits per heavy atom. The van der Waals surface area contributed by atoms with Gasteiger partial charge in [-0.1, -0.05) is 219 Å². The standard InChI is InChI=1S/C56H86O6/c1-4-7-10-13-16-19-22-25-26-27-28-29-32-34-37-40-43-46-49-55(58)61-52-53(62-56(59)50-47-44-41-38-35-31-24-21-18-15-12-9-6-3)51-60-54(57)48-45-42-39-36-33-30-23-20-17-14-11-8-5-2/h8-29,53H,4-7,30-52H2,1-3H3/b11-8-,12-9-,13-10-,17-14-,18-15-,19-16-,23-20-,24-21-,25-22-,27-26-,29-28-. The van der Waals surface area contributed by atoms with Crippen molar-refractivity contribution in [3.63, 3.8) is 0 Å². The summed E-state index contributed by atoms with van der Waals surface area (Å²) in [5.74, 6) is -0.989. The number of allylic oxidation sites excluding steroid dienone is 22. The fourth-order valence-corrected chi connectivity index (χ4v) is 6.00. The number of esters is 3. The Bertz CT molecular complexity index is 1400. The summed E-state index contributed by atoms with van der Waals surface area (Å²) >= 11 is 0. The zero-order valence-electron chi connectivity index (χ0n) is 39.3. The minimum atomic E-state index is -0.812.